The molecule has 3 heterocycles. The largest absolute Gasteiger partial charge is 0.359 e. The van der Waals surface area contributed by atoms with Crippen LogP contribution in [0.15, 0.2) is 28.9 Å². The number of likely N-dealkylation sites (tertiary alicyclic amines) is 1. The highest BCUT2D eigenvalue weighted by atomic mass is 35.5. The second-order valence-electron chi connectivity index (χ2n) is 7.48. The molecule has 1 unspecified atom stereocenters. The molecule has 124 valence electrons. The fourth-order valence-electron chi connectivity index (χ4n) is 3.18. The van der Waals surface area contributed by atoms with E-state index in [1.807, 2.05) is 6.07 Å². The Hall–Kier alpha value is -1.39. The van der Waals surface area contributed by atoms with Crippen LogP contribution in [-0.2, 0) is 6.54 Å². The Balaban J connectivity index is 1.67. The number of hydrogen-bond donors (Lipinski definition) is 0. The van der Waals surface area contributed by atoms with Gasteiger partial charge in [0, 0.05) is 23.8 Å². The number of hydrogen-bond acceptors (Lipinski definition) is 4. The zero-order chi connectivity index (χ0) is 16.4. The molecule has 0 bridgehead atoms. The molecule has 1 saturated heterocycles. The third kappa shape index (κ3) is 4.12. The maximum Gasteiger partial charge on any atom is 0.151 e. The van der Waals surface area contributed by atoms with Crippen LogP contribution in [0.25, 0.3) is 11.4 Å². The van der Waals surface area contributed by atoms with Gasteiger partial charge in [-0.05, 0) is 42.9 Å². The lowest BCUT2D eigenvalue weighted by Gasteiger charge is -2.39. The van der Waals surface area contributed by atoms with Gasteiger partial charge in [0.15, 0.2) is 5.76 Å². The first kappa shape index (κ1) is 16.5. The summed E-state index contributed by atoms with van der Waals surface area (Å²) < 4.78 is 5.51. The standard InChI is InChI=1S/C18H24ClN3O/c1-18(2,3)13-5-4-8-22(11-13)12-15-10-17(21-23-15)16-9-14(19)6-7-20-16/h6-7,9-10,13H,4-5,8,11-12H2,1-3H3. The van der Waals surface area contributed by atoms with Gasteiger partial charge in [-0.25, -0.2) is 0 Å². The smallest absolute Gasteiger partial charge is 0.151 e. The van der Waals surface area contributed by atoms with Gasteiger partial charge in [-0.1, -0.05) is 37.5 Å². The molecule has 5 heteroatoms. The molecule has 1 aliphatic rings. The molecule has 4 nitrogen and oxygen atoms in total. The lowest BCUT2D eigenvalue weighted by molar-refractivity contribution is 0.0877. The molecule has 0 aromatic carbocycles. The Kier molecular flexibility index (Phi) is 4.74. The van der Waals surface area contributed by atoms with E-state index >= 15 is 0 Å². The van der Waals surface area contributed by atoms with Gasteiger partial charge in [-0.2, -0.15) is 0 Å². The second-order valence-corrected chi connectivity index (χ2v) is 7.91. The van der Waals surface area contributed by atoms with Crippen molar-refractivity contribution < 1.29 is 4.52 Å². The van der Waals surface area contributed by atoms with E-state index in [-0.39, 0.29) is 0 Å². The van der Waals surface area contributed by atoms with Gasteiger partial charge in [0.05, 0.1) is 12.2 Å². The van der Waals surface area contributed by atoms with Gasteiger partial charge in [0.1, 0.15) is 5.69 Å². The molecule has 0 spiro atoms. The van der Waals surface area contributed by atoms with Crippen molar-refractivity contribution in [3.05, 3.63) is 35.2 Å². The molecule has 2 aromatic heterocycles. The number of halogens is 1. The van der Waals surface area contributed by atoms with E-state index in [0.717, 1.165) is 42.7 Å². The Morgan fingerprint density at radius 1 is 1.30 bits per heavy atom. The molecular weight excluding hydrogens is 310 g/mol. The fourth-order valence-corrected chi connectivity index (χ4v) is 3.34. The molecule has 1 fully saturated rings. The minimum Gasteiger partial charge on any atom is -0.359 e. The number of aromatic nitrogens is 2. The minimum absolute atomic E-state index is 0.357. The van der Waals surface area contributed by atoms with E-state index in [1.54, 1.807) is 18.3 Å². The van der Waals surface area contributed by atoms with Crippen molar-refractivity contribution in [3.8, 4) is 11.4 Å². The van der Waals surface area contributed by atoms with Crippen LogP contribution in [0.5, 0.6) is 0 Å². The molecule has 0 aliphatic carbocycles. The molecule has 23 heavy (non-hydrogen) atoms. The summed E-state index contributed by atoms with van der Waals surface area (Å²) in [4.78, 5) is 6.76. The van der Waals surface area contributed by atoms with Gasteiger partial charge in [-0.3, -0.25) is 9.88 Å². The van der Waals surface area contributed by atoms with E-state index in [1.165, 1.54) is 12.8 Å². The summed E-state index contributed by atoms with van der Waals surface area (Å²) in [5.41, 5.74) is 1.85. The fraction of sp³-hybridized carbons (Fsp3) is 0.556. The molecule has 1 aliphatic heterocycles. The number of pyridine rings is 1. The predicted octanol–water partition coefficient (Wildman–Crippen LogP) is 4.65. The van der Waals surface area contributed by atoms with E-state index in [2.05, 4.69) is 35.8 Å². The Labute approximate surface area is 142 Å². The normalized spacial score (nSPS) is 19.9. The molecule has 0 N–H and O–H groups in total. The van der Waals surface area contributed by atoms with Crippen LogP contribution in [0.2, 0.25) is 5.02 Å². The Morgan fingerprint density at radius 3 is 2.87 bits per heavy atom. The summed E-state index contributed by atoms with van der Waals surface area (Å²) in [5, 5.41) is 4.79. The van der Waals surface area contributed by atoms with Crippen LogP contribution in [0, 0.1) is 11.3 Å². The van der Waals surface area contributed by atoms with Crippen LogP contribution >= 0.6 is 11.6 Å². The van der Waals surface area contributed by atoms with Crippen molar-refractivity contribution in [2.75, 3.05) is 13.1 Å². The third-order valence-electron chi connectivity index (χ3n) is 4.65. The maximum atomic E-state index is 6.01. The van der Waals surface area contributed by atoms with Crippen LogP contribution in [0.4, 0.5) is 0 Å². The van der Waals surface area contributed by atoms with Crippen molar-refractivity contribution in [1.29, 1.82) is 0 Å². The van der Waals surface area contributed by atoms with Crippen LogP contribution in [-0.4, -0.2) is 28.1 Å². The predicted molar refractivity (Wildman–Crippen MR) is 92.2 cm³/mol. The van der Waals surface area contributed by atoms with Crippen molar-refractivity contribution in [2.45, 2.75) is 40.2 Å². The van der Waals surface area contributed by atoms with Crippen LogP contribution in [0.1, 0.15) is 39.4 Å². The summed E-state index contributed by atoms with van der Waals surface area (Å²) in [6.45, 7) is 10.0. The number of piperidine rings is 1. The highest BCUT2D eigenvalue weighted by molar-refractivity contribution is 6.30. The maximum absolute atomic E-state index is 6.01. The van der Waals surface area contributed by atoms with Crippen molar-refractivity contribution in [1.82, 2.24) is 15.0 Å². The molecule has 1 atom stereocenters. The van der Waals surface area contributed by atoms with E-state index in [9.17, 15) is 0 Å². The van der Waals surface area contributed by atoms with E-state index in [4.69, 9.17) is 16.1 Å². The van der Waals surface area contributed by atoms with Gasteiger partial charge < -0.3 is 4.52 Å². The van der Waals surface area contributed by atoms with Gasteiger partial charge in [-0.15, -0.1) is 0 Å². The van der Waals surface area contributed by atoms with Crippen molar-refractivity contribution >= 4 is 11.6 Å². The topological polar surface area (TPSA) is 42.2 Å². The van der Waals surface area contributed by atoms with Gasteiger partial charge >= 0.3 is 0 Å². The van der Waals surface area contributed by atoms with E-state index in [0.29, 0.717) is 10.4 Å². The summed E-state index contributed by atoms with van der Waals surface area (Å²) in [6, 6.07) is 5.53. The van der Waals surface area contributed by atoms with Crippen molar-refractivity contribution in [2.24, 2.45) is 11.3 Å². The monoisotopic (exact) mass is 333 g/mol. The average molecular weight is 334 g/mol. The Morgan fingerprint density at radius 2 is 2.13 bits per heavy atom. The number of rotatable bonds is 3. The summed E-state index contributed by atoms with van der Waals surface area (Å²) in [7, 11) is 0. The molecular formula is C18H24ClN3O. The van der Waals surface area contributed by atoms with Crippen molar-refractivity contribution in [3.63, 3.8) is 0 Å². The highest BCUT2D eigenvalue weighted by Crippen LogP contribution is 2.33. The number of nitrogens with zero attached hydrogens (tertiary/aromatic N) is 3. The minimum atomic E-state index is 0.357. The lowest BCUT2D eigenvalue weighted by Crippen LogP contribution is -2.40. The highest BCUT2D eigenvalue weighted by Gasteiger charge is 2.29. The second kappa shape index (κ2) is 6.62. The zero-order valence-corrected chi connectivity index (χ0v) is 14.8. The average Bonchev–Trinajstić information content (AvgIpc) is 2.95. The first-order chi connectivity index (χ1) is 10.9. The molecule has 3 rings (SSSR count). The zero-order valence-electron chi connectivity index (χ0n) is 14.1. The van der Waals surface area contributed by atoms with Crippen LogP contribution < -0.4 is 0 Å². The first-order valence-electron chi connectivity index (χ1n) is 8.22. The summed E-state index contributed by atoms with van der Waals surface area (Å²) >= 11 is 6.01. The molecule has 0 radical (unpaired) electrons. The van der Waals surface area contributed by atoms with Crippen LogP contribution in [0.3, 0.4) is 0 Å². The Bertz CT molecular complexity index is 662. The molecule has 2 aromatic rings. The first-order valence-corrected chi connectivity index (χ1v) is 8.59. The SMILES string of the molecule is CC(C)(C)C1CCCN(Cc2cc(-c3cc(Cl)ccn3)no2)C1. The van der Waals surface area contributed by atoms with Gasteiger partial charge in [0.2, 0.25) is 0 Å². The molecule has 0 saturated carbocycles. The third-order valence-corrected chi connectivity index (χ3v) is 4.89. The quantitative estimate of drug-likeness (QED) is 0.820. The summed E-state index contributed by atoms with van der Waals surface area (Å²) in [6.07, 6.45) is 4.25. The van der Waals surface area contributed by atoms with Gasteiger partial charge in [0.25, 0.3) is 0 Å². The molecule has 0 amide bonds. The summed E-state index contributed by atoms with van der Waals surface area (Å²) in [5.74, 6) is 1.62. The lowest BCUT2D eigenvalue weighted by atomic mass is 9.76. The van der Waals surface area contributed by atoms with E-state index < -0.39 is 0 Å².